The third kappa shape index (κ3) is 3.47. The lowest BCUT2D eigenvalue weighted by molar-refractivity contribution is -0.117. The zero-order valence-corrected chi connectivity index (χ0v) is 11.9. The van der Waals surface area contributed by atoms with E-state index in [1.807, 2.05) is 0 Å². The molecule has 1 amide bonds. The first-order valence-corrected chi connectivity index (χ1v) is 7.74. The summed E-state index contributed by atoms with van der Waals surface area (Å²) in [5.41, 5.74) is 0.159. The number of rotatable bonds is 3. The molecule has 2 atom stereocenters. The van der Waals surface area contributed by atoms with Crippen molar-refractivity contribution in [3.05, 3.63) is 23.2 Å². The van der Waals surface area contributed by atoms with E-state index in [0.29, 0.717) is 13.0 Å². The summed E-state index contributed by atoms with van der Waals surface area (Å²) >= 11 is 5.91. The molecule has 0 bridgehead atoms. The molecule has 5 N–H and O–H groups in total. The highest BCUT2D eigenvalue weighted by Crippen LogP contribution is 2.25. The number of hydrogen-bond acceptors (Lipinski definition) is 5. The summed E-state index contributed by atoms with van der Waals surface area (Å²) in [6, 6.07) is 3.25. The molecule has 2 rings (SSSR count). The summed E-state index contributed by atoms with van der Waals surface area (Å²) in [5, 5.41) is 19.9. The van der Waals surface area contributed by atoms with Gasteiger partial charge < -0.3 is 15.7 Å². The number of nitrogens with two attached hydrogens (primary N) is 1. The maximum Gasteiger partial charge on any atom is 0.241 e. The number of carbonyl (C=O) groups excluding carboxylic acids is 1. The van der Waals surface area contributed by atoms with Crippen LogP contribution in [0.5, 0.6) is 0 Å². The van der Waals surface area contributed by atoms with Crippen LogP contribution in [0.15, 0.2) is 23.1 Å². The number of anilines is 1. The van der Waals surface area contributed by atoms with Crippen LogP contribution in [0.25, 0.3) is 0 Å². The van der Waals surface area contributed by atoms with Gasteiger partial charge in [0, 0.05) is 6.54 Å². The molecule has 2 unspecified atom stereocenters. The van der Waals surface area contributed by atoms with E-state index in [2.05, 4.69) is 10.6 Å². The van der Waals surface area contributed by atoms with Crippen LogP contribution in [0, 0.1) is 0 Å². The SMILES string of the molecule is NS(=O)(=O)c1ccc(Cl)c(NC(=O)C2CC(O)CN2)c1. The molecule has 1 saturated heterocycles. The fourth-order valence-corrected chi connectivity index (χ4v) is 2.62. The molecule has 0 aromatic heterocycles. The van der Waals surface area contributed by atoms with Gasteiger partial charge in [-0.3, -0.25) is 4.79 Å². The average Bonchev–Trinajstić information content (AvgIpc) is 2.77. The number of carbonyl (C=O) groups is 1. The number of halogens is 1. The van der Waals surface area contributed by atoms with E-state index in [9.17, 15) is 18.3 Å². The average molecular weight is 320 g/mol. The summed E-state index contributed by atoms with van der Waals surface area (Å²) in [6.07, 6.45) is -0.282. The molecular formula is C11H14ClN3O4S. The van der Waals surface area contributed by atoms with Gasteiger partial charge in [0.15, 0.2) is 0 Å². The Morgan fingerprint density at radius 2 is 2.20 bits per heavy atom. The van der Waals surface area contributed by atoms with E-state index in [4.69, 9.17) is 16.7 Å². The molecule has 1 aromatic rings. The summed E-state index contributed by atoms with van der Waals surface area (Å²) in [4.78, 5) is 11.8. The van der Waals surface area contributed by atoms with Gasteiger partial charge in [-0.05, 0) is 24.6 Å². The van der Waals surface area contributed by atoms with Crippen LogP contribution in [0.4, 0.5) is 5.69 Å². The minimum absolute atomic E-state index is 0.142. The third-order valence-corrected chi connectivity index (χ3v) is 4.19. The van der Waals surface area contributed by atoms with E-state index in [-0.39, 0.29) is 15.6 Å². The van der Waals surface area contributed by atoms with Crippen LogP contribution in [-0.4, -0.2) is 38.1 Å². The van der Waals surface area contributed by atoms with Crippen LogP contribution in [0.1, 0.15) is 6.42 Å². The second kappa shape index (κ2) is 5.66. The Labute approximate surface area is 121 Å². The molecule has 1 heterocycles. The Hall–Kier alpha value is -1.19. The standard InChI is InChI=1S/C11H14ClN3O4S/c12-8-2-1-7(20(13,18)19)4-9(8)15-11(17)10-3-6(16)5-14-10/h1-2,4,6,10,14,16H,3,5H2,(H,15,17)(H2,13,18,19). The van der Waals surface area contributed by atoms with Crippen LogP contribution >= 0.6 is 11.6 Å². The number of nitrogens with one attached hydrogen (secondary N) is 2. The molecule has 1 aliphatic rings. The second-order valence-corrected chi connectivity index (χ2v) is 6.49. The fourth-order valence-electron chi connectivity index (χ4n) is 1.91. The highest BCUT2D eigenvalue weighted by molar-refractivity contribution is 7.89. The molecule has 1 aliphatic heterocycles. The van der Waals surface area contributed by atoms with Gasteiger partial charge in [0.2, 0.25) is 15.9 Å². The topological polar surface area (TPSA) is 122 Å². The Morgan fingerprint density at radius 1 is 1.50 bits per heavy atom. The summed E-state index contributed by atoms with van der Waals surface area (Å²) < 4.78 is 22.5. The lowest BCUT2D eigenvalue weighted by Gasteiger charge is -2.13. The van der Waals surface area contributed by atoms with Crippen molar-refractivity contribution in [3.8, 4) is 0 Å². The molecule has 20 heavy (non-hydrogen) atoms. The van der Waals surface area contributed by atoms with E-state index in [1.54, 1.807) is 0 Å². The minimum atomic E-state index is -3.87. The van der Waals surface area contributed by atoms with E-state index in [0.717, 1.165) is 0 Å². The predicted octanol–water partition coefficient (Wildman–Crippen LogP) is -0.351. The lowest BCUT2D eigenvalue weighted by Crippen LogP contribution is -2.35. The quantitative estimate of drug-likeness (QED) is 0.606. The first-order chi connectivity index (χ1) is 9.27. The normalized spacial score (nSPS) is 22.8. The third-order valence-electron chi connectivity index (χ3n) is 2.95. The van der Waals surface area contributed by atoms with Crippen LogP contribution in [0.2, 0.25) is 5.02 Å². The maximum absolute atomic E-state index is 11.9. The monoisotopic (exact) mass is 319 g/mol. The van der Waals surface area contributed by atoms with Crippen molar-refractivity contribution in [2.45, 2.75) is 23.5 Å². The number of primary sulfonamides is 1. The van der Waals surface area contributed by atoms with Crippen LogP contribution in [0.3, 0.4) is 0 Å². The van der Waals surface area contributed by atoms with Crippen molar-refractivity contribution < 1.29 is 18.3 Å². The number of hydrogen-bond donors (Lipinski definition) is 4. The van der Waals surface area contributed by atoms with E-state index >= 15 is 0 Å². The molecule has 9 heteroatoms. The molecule has 1 aromatic carbocycles. The first kappa shape index (κ1) is 15.2. The highest BCUT2D eigenvalue weighted by atomic mass is 35.5. The van der Waals surface area contributed by atoms with Gasteiger partial charge in [0.1, 0.15) is 0 Å². The minimum Gasteiger partial charge on any atom is -0.392 e. The Morgan fingerprint density at radius 3 is 2.75 bits per heavy atom. The zero-order valence-electron chi connectivity index (χ0n) is 10.3. The Bertz CT molecular complexity index is 635. The first-order valence-electron chi connectivity index (χ1n) is 5.82. The number of amides is 1. The van der Waals surface area contributed by atoms with Crippen molar-refractivity contribution in [1.29, 1.82) is 0 Å². The van der Waals surface area contributed by atoms with Crippen LogP contribution in [-0.2, 0) is 14.8 Å². The number of β-amino-alcohol motifs (C(OH)–C–C–N with tert-alkyl or cyclic N) is 1. The van der Waals surface area contributed by atoms with Crippen molar-refractivity contribution in [1.82, 2.24) is 5.32 Å². The molecule has 110 valence electrons. The molecule has 0 radical (unpaired) electrons. The van der Waals surface area contributed by atoms with Gasteiger partial charge in [-0.15, -0.1) is 0 Å². The number of benzene rings is 1. The second-order valence-electron chi connectivity index (χ2n) is 4.53. The number of aliphatic hydroxyl groups excluding tert-OH is 1. The number of aliphatic hydroxyl groups is 1. The van der Waals surface area contributed by atoms with Crippen LogP contribution < -0.4 is 15.8 Å². The molecule has 0 aliphatic carbocycles. The van der Waals surface area contributed by atoms with Gasteiger partial charge in [-0.1, -0.05) is 11.6 Å². The highest BCUT2D eigenvalue weighted by Gasteiger charge is 2.28. The van der Waals surface area contributed by atoms with Gasteiger partial charge >= 0.3 is 0 Å². The molecule has 1 fully saturated rings. The molecule has 0 spiro atoms. The Kier molecular flexibility index (Phi) is 4.31. The summed E-state index contributed by atoms with van der Waals surface area (Å²) in [7, 11) is -3.87. The van der Waals surface area contributed by atoms with Crippen molar-refractivity contribution in [3.63, 3.8) is 0 Å². The van der Waals surface area contributed by atoms with Gasteiger partial charge in [-0.25, -0.2) is 13.6 Å². The molecular weight excluding hydrogens is 306 g/mol. The maximum atomic E-state index is 11.9. The van der Waals surface area contributed by atoms with Crippen molar-refractivity contribution in [2.24, 2.45) is 5.14 Å². The summed E-state index contributed by atoms with van der Waals surface area (Å²) in [5.74, 6) is -0.394. The van der Waals surface area contributed by atoms with E-state index in [1.165, 1.54) is 18.2 Å². The summed E-state index contributed by atoms with van der Waals surface area (Å²) in [6.45, 7) is 0.336. The zero-order chi connectivity index (χ0) is 14.9. The lowest BCUT2D eigenvalue weighted by atomic mass is 10.2. The van der Waals surface area contributed by atoms with Crippen molar-refractivity contribution >= 4 is 33.2 Å². The smallest absolute Gasteiger partial charge is 0.241 e. The van der Waals surface area contributed by atoms with Gasteiger partial charge in [-0.2, -0.15) is 0 Å². The molecule has 0 saturated carbocycles. The fraction of sp³-hybridized carbons (Fsp3) is 0.364. The van der Waals surface area contributed by atoms with Gasteiger partial charge in [0.25, 0.3) is 0 Å². The molecule has 7 nitrogen and oxygen atoms in total. The van der Waals surface area contributed by atoms with Crippen molar-refractivity contribution in [2.75, 3.05) is 11.9 Å². The van der Waals surface area contributed by atoms with E-state index < -0.39 is 28.1 Å². The predicted molar refractivity (Wildman–Crippen MR) is 73.9 cm³/mol. The number of sulfonamides is 1. The largest absolute Gasteiger partial charge is 0.392 e. The van der Waals surface area contributed by atoms with Gasteiger partial charge in [0.05, 0.1) is 27.8 Å². The Balaban J connectivity index is 2.18.